The van der Waals surface area contributed by atoms with Crippen LogP contribution < -0.4 is 4.74 Å². The van der Waals surface area contributed by atoms with E-state index in [2.05, 4.69) is 17.2 Å². The second-order valence-electron chi connectivity index (χ2n) is 3.21. The first-order valence-corrected chi connectivity index (χ1v) is 4.89. The predicted octanol–water partition coefficient (Wildman–Crippen LogP) is 1.84. The smallest absolute Gasteiger partial charge is 0.121 e. The summed E-state index contributed by atoms with van der Waals surface area (Å²) in [7, 11) is 1.65. The summed E-state index contributed by atoms with van der Waals surface area (Å²) in [6, 6.07) is 7.73. The van der Waals surface area contributed by atoms with E-state index in [1.165, 1.54) is 0 Å². The molecule has 0 N–H and O–H groups in total. The van der Waals surface area contributed by atoms with E-state index in [9.17, 15) is 0 Å². The standard InChI is InChI=1S/C11H13N3O/c1-3-9-8-14(13-12-9)10-5-4-6-11(7-10)15-2/h4-8H,3H2,1-2H3. The molecule has 1 aromatic heterocycles. The molecule has 4 nitrogen and oxygen atoms in total. The molecule has 0 aliphatic carbocycles. The molecule has 1 heterocycles. The molecule has 4 heteroatoms. The van der Waals surface area contributed by atoms with Crippen LogP contribution in [0.2, 0.25) is 0 Å². The molecule has 78 valence electrons. The normalized spacial score (nSPS) is 10.3. The van der Waals surface area contributed by atoms with Gasteiger partial charge < -0.3 is 4.74 Å². The number of methoxy groups -OCH3 is 1. The molecule has 0 atom stereocenters. The van der Waals surface area contributed by atoms with Crippen LogP contribution in [-0.4, -0.2) is 22.1 Å². The van der Waals surface area contributed by atoms with Crippen LogP contribution in [0.5, 0.6) is 5.75 Å². The number of rotatable bonds is 3. The summed E-state index contributed by atoms with van der Waals surface area (Å²) in [5.41, 5.74) is 1.94. The molecule has 1 aromatic carbocycles. The van der Waals surface area contributed by atoms with E-state index in [1.807, 2.05) is 30.5 Å². The zero-order valence-electron chi connectivity index (χ0n) is 8.84. The molecule has 2 aromatic rings. The lowest BCUT2D eigenvalue weighted by Crippen LogP contribution is -1.95. The molecule has 0 fully saturated rings. The van der Waals surface area contributed by atoms with Crippen molar-refractivity contribution in [1.29, 1.82) is 0 Å². The molecule has 0 aliphatic heterocycles. The molecule has 0 bridgehead atoms. The molecule has 0 amide bonds. The summed E-state index contributed by atoms with van der Waals surface area (Å²) in [6.07, 6.45) is 2.82. The first-order chi connectivity index (χ1) is 7.33. The number of aromatic nitrogens is 3. The Kier molecular flexibility index (Phi) is 2.67. The summed E-state index contributed by atoms with van der Waals surface area (Å²) in [6.45, 7) is 2.06. The van der Waals surface area contributed by atoms with Gasteiger partial charge in [0.15, 0.2) is 0 Å². The third kappa shape index (κ3) is 1.98. The molecular formula is C11H13N3O. The fourth-order valence-electron chi connectivity index (χ4n) is 1.34. The fraction of sp³-hybridized carbons (Fsp3) is 0.273. The van der Waals surface area contributed by atoms with Gasteiger partial charge in [0.25, 0.3) is 0 Å². The zero-order valence-corrected chi connectivity index (χ0v) is 8.84. The van der Waals surface area contributed by atoms with Crippen molar-refractivity contribution in [2.75, 3.05) is 7.11 Å². The molecule has 0 radical (unpaired) electrons. The number of benzene rings is 1. The Balaban J connectivity index is 2.35. The monoisotopic (exact) mass is 203 g/mol. The third-order valence-corrected chi connectivity index (χ3v) is 2.22. The van der Waals surface area contributed by atoms with E-state index in [0.717, 1.165) is 23.6 Å². The first kappa shape index (κ1) is 9.71. The van der Waals surface area contributed by atoms with Gasteiger partial charge in [-0.3, -0.25) is 0 Å². The van der Waals surface area contributed by atoms with Crippen LogP contribution in [0.15, 0.2) is 30.5 Å². The van der Waals surface area contributed by atoms with E-state index in [0.29, 0.717) is 0 Å². The van der Waals surface area contributed by atoms with Crippen molar-refractivity contribution >= 4 is 0 Å². The first-order valence-electron chi connectivity index (χ1n) is 4.89. The minimum atomic E-state index is 0.820. The Hall–Kier alpha value is -1.84. The van der Waals surface area contributed by atoms with E-state index < -0.39 is 0 Å². The van der Waals surface area contributed by atoms with Gasteiger partial charge in [0.1, 0.15) is 5.75 Å². The Morgan fingerprint density at radius 2 is 2.27 bits per heavy atom. The van der Waals surface area contributed by atoms with Crippen LogP contribution in [0.25, 0.3) is 5.69 Å². The second kappa shape index (κ2) is 4.13. The predicted molar refractivity (Wildman–Crippen MR) is 57.3 cm³/mol. The van der Waals surface area contributed by atoms with Gasteiger partial charge in [0, 0.05) is 6.07 Å². The van der Waals surface area contributed by atoms with Crippen LogP contribution in [0.4, 0.5) is 0 Å². The lowest BCUT2D eigenvalue weighted by atomic mass is 10.3. The number of hydrogen-bond donors (Lipinski definition) is 0. The van der Waals surface area contributed by atoms with Crippen molar-refractivity contribution in [3.63, 3.8) is 0 Å². The van der Waals surface area contributed by atoms with Gasteiger partial charge in [-0.2, -0.15) is 0 Å². The van der Waals surface area contributed by atoms with Gasteiger partial charge in [-0.15, -0.1) is 5.10 Å². The summed E-state index contributed by atoms with van der Waals surface area (Å²) < 4.78 is 6.90. The van der Waals surface area contributed by atoms with Crippen molar-refractivity contribution in [3.05, 3.63) is 36.2 Å². The highest BCUT2D eigenvalue weighted by molar-refractivity contribution is 5.38. The zero-order chi connectivity index (χ0) is 10.7. The lowest BCUT2D eigenvalue weighted by molar-refractivity contribution is 0.414. The molecule has 0 saturated heterocycles. The highest BCUT2D eigenvalue weighted by atomic mass is 16.5. The number of aryl methyl sites for hydroxylation is 1. The van der Waals surface area contributed by atoms with E-state index in [4.69, 9.17) is 4.74 Å². The van der Waals surface area contributed by atoms with Gasteiger partial charge in [-0.1, -0.05) is 18.2 Å². The molecule has 15 heavy (non-hydrogen) atoms. The van der Waals surface area contributed by atoms with Gasteiger partial charge in [-0.05, 0) is 18.6 Å². The van der Waals surface area contributed by atoms with Crippen molar-refractivity contribution in [3.8, 4) is 11.4 Å². The summed E-state index contributed by atoms with van der Waals surface area (Å²) in [4.78, 5) is 0. The Bertz CT molecular complexity index is 451. The number of nitrogens with zero attached hydrogens (tertiary/aromatic N) is 3. The molecular weight excluding hydrogens is 190 g/mol. The molecule has 0 saturated carbocycles. The molecule has 0 unspecified atom stereocenters. The van der Waals surface area contributed by atoms with Crippen molar-refractivity contribution in [2.45, 2.75) is 13.3 Å². The fourth-order valence-corrected chi connectivity index (χ4v) is 1.34. The minimum absolute atomic E-state index is 0.820. The van der Waals surface area contributed by atoms with Crippen LogP contribution in [0.1, 0.15) is 12.6 Å². The van der Waals surface area contributed by atoms with Crippen LogP contribution in [-0.2, 0) is 6.42 Å². The third-order valence-electron chi connectivity index (χ3n) is 2.22. The highest BCUT2D eigenvalue weighted by Gasteiger charge is 2.01. The SMILES string of the molecule is CCc1cn(-c2cccc(OC)c2)nn1. The van der Waals surface area contributed by atoms with Crippen molar-refractivity contribution in [2.24, 2.45) is 0 Å². The lowest BCUT2D eigenvalue weighted by Gasteiger charge is -2.02. The minimum Gasteiger partial charge on any atom is -0.497 e. The van der Waals surface area contributed by atoms with Crippen LogP contribution in [0, 0.1) is 0 Å². The Morgan fingerprint density at radius 3 is 2.93 bits per heavy atom. The van der Waals surface area contributed by atoms with Crippen LogP contribution >= 0.6 is 0 Å². The van der Waals surface area contributed by atoms with Gasteiger partial charge in [0.2, 0.25) is 0 Å². The van der Waals surface area contributed by atoms with Gasteiger partial charge in [0.05, 0.1) is 24.7 Å². The topological polar surface area (TPSA) is 39.9 Å². The van der Waals surface area contributed by atoms with Gasteiger partial charge >= 0.3 is 0 Å². The molecule has 0 aliphatic rings. The molecule has 2 rings (SSSR count). The summed E-state index contributed by atoms with van der Waals surface area (Å²) in [5, 5.41) is 8.08. The Morgan fingerprint density at radius 1 is 1.40 bits per heavy atom. The van der Waals surface area contributed by atoms with E-state index in [1.54, 1.807) is 11.8 Å². The van der Waals surface area contributed by atoms with E-state index in [-0.39, 0.29) is 0 Å². The second-order valence-corrected chi connectivity index (χ2v) is 3.21. The van der Waals surface area contributed by atoms with E-state index >= 15 is 0 Å². The number of hydrogen-bond acceptors (Lipinski definition) is 3. The maximum atomic E-state index is 5.15. The average Bonchev–Trinajstić information content (AvgIpc) is 2.78. The maximum absolute atomic E-state index is 5.15. The summed E-state index contributed by atoms with van der Waals surface area (Å²) in [5.74, 6) is 0.820. The summed E-state index contributed by atoms with van der Waals surface area (Å²) >= 11 is 0. The number of ether oxygens (including phenoxy) is 1. The van der Waals surface area contributed by atoms with Crippen molar-refractivity contribution < 1.29 is 4.74 Å². The van der Waals surface area contributed by atoms with Crippen molar-refractivity contribution in [1.82, 2.24) is 15.0 Å². The largest absolute Gasteiger partial charge is 0.497 e. The van der Waals surface area contributed by atoms with Gasteiger partial charge in [-0.25, -0.2) is 4.68 Å². The maximum Gasteiger partial charge on any atom is 0.121 e. The average molecular weight is 203 g/mol. The van der Waals surface area contributed by atoms with Crippen LogP contribution in [0.3, 0.4) is 0 Å². The molecule has 0 spiro atoms. The highest BCUT2D eigenvalue weighted by Crippen LogP contribution is 2.15. The Labute approximate surface area is 88.5 Å². The quantitative estimate of drug-likeness (QED) is 0.764.